The first-order valence-corrected chi connectivity index (χ1v) is 5.64. The molecule has 4 heteroatoms. The predicted molar refractivity (Wildman–Crippen MR) is 66.9 cm³/mol. The Morgan fingerprint density at radius 1 is 1.17 bits per heavy atom. The summed E-state index contributed by atoms with van der Waals surface area (Å²) in [4.78, 5) is 0. The number of nitrogens with zero attached hydrogens (tertiary/aromatic N) is 1. The molecule has 2 rings (SSSR count). The molecule has 2 nitrogen and oxygen atoms in total. The minimum absolute atomic E-state index is 0.278. The van der Waals surface area contributed by atoms with Gasteiger partial charge in [-0.05, 0) is 29.8 Å². The molecule has 0 atom stereocenters. The maximum absolute atomic E-state index is 12.7. The van der Waals surface area contributed by atoms with Crippen LogP contribution in [0, 0.1) is 17.1 Å². The van der Waals surface area contributed by atoms with Crippen LogP contribution in [-0.4, -0.2) is 0 Å². The highest BCUT2D eigenvalue weighted by atomic mass is 35.5. The van der Waals surface area contributed by atoms with Gasteiger partial charge < -0.3 is 4.74 Å². The fraction of sp³-hybridized carbons (Fsp3) is 0.0714. The van der Waals surface area contributed by atoms with E-state index in [-0.39, 0.29) is 5.82 Å². The highest BCUT2D eigenvalue weighted by Gasteiger charge is 2.02. The summed E-state index contributed by atoms with van der Waals surface area (Å²) >= 11 is 5.88. The van der Waals surface area contributed by atoms with E-state index >= 15 is 0 Å². The molecule has 0 heterocycles. The van der Waals surface area contributed by atoms with Crippen LogP contribution >= 0.6 is 11.6 Å². The molecule has 90 valence electrons. The van der Waals surface area contributed by atoms with Crippen molar-refractivity contribution >= 4 is 11.6 Å². The molecule has 0 aromatic heterocycles. The van der Waals surface area contributed by atoms with Gasteiger partial charge in [0, 0.05) is 6.07 Å². The standard InChI is InChI=1S/C14H9ClFNO/c15-14-7-13(6-3-11(14)8-17)18-9-10-1-4-12(16)5-2-10/h1-7H,9H2. The van der Waals surface area contributed by atoms with Gasteiger partial charge in [-0.3, -0.25) is 0 Å². The van der Waals surface area contributed by atoms with Crippen LogP contribution in [0.4, 0.5) is 4.39 Å². The lowest BCUT2D eigenvalue weighted by Crippen LogP contribution is -1.95. The summed E-state index contributed by atoms with van der Waals surface area (Å²) in [6.07, 6.45) is 0. The first-order chi connectivity index (χ1) is 8.69. The molecule has 0 fully saturated rings. The third kappa shape index (κ3) is 2.99. The minimum atomic E-state index is -0.278. The Balaban J connectivity index is 2.04. The molecule has 0 amide bonds. The average molecular weight is 262 g/mol. The molecule has 18 heavy (non-hydrogen) atoms. The summed E-state index contributed by atoms with van der Waals surface area (Å²) in [5, 5.41) is 9.09. The Morgan fingerprint density at radius 2 is 1.89 bits per heavy atom. The highest BCUT2D eigenvalue weighted by molar-refractivity contribution is 6.31. The SMILES string of the molecule is N#Cc1ccc(OCc2ccc(F)cc2)cc1Cl. The molecule has 0 bridgehead atoms. The van der Waals surface area contributed by atoms with E-state index < -0.39 is 0 Å². The van der Waals surface area contributed by atoms with E-state index in [4.69, 9.17) is 21.6 Å². The summed E-state index contributed by atoms with van der Waals surface area (Å²) in [6, 6.07) is 12.9. The maximum Gasteiger partial charge on any atom is 0.123 e. The Bertz CT molecular complexity index is 590. The van der Waals surface area contributed by atoms with Crippen LogP contribution in [0.5, 0.6) is 5.75 Å². The van der Waals surface area contributed by atoms with Crippen molar-refractivity contribution in [1.82, 2.24) is 0 Å². The first kappa shape index (κ1) is 12.4. The topological polar surface area (TPSA) is 33.0 Å². The molecular weight excluding hydrogens is 253 g/mol. The molecule has 2 aromatic carbocycles. The molecule has 0 N–H and O–H groups in total. The number of hydrogen-bond acceptors (Lipinski definition) is 2. The van der Waals surface area contributed by atoms with Gasteiger partial charge in [0.1, 0.15) is 24.2 Å². The van der Waals surface area contributed by atoms with Gasteiger partial charge in [-0.15, -0.1) is 0 Å². The maximum atomic E-state index is 12.7. The lowest BCUT2D eigenvalue weighted by Gasteiger charge is -2.07. The van der Waals surface area contributed by atoms with Gasteiger partial charge in [0.15, 0.2) is 0 Å². The number of hydrogen-bond donors (Lipinski definition) is 0. The van der Waals surface area contributed by atoms with Crippen molar-refractivity contribution in [2.24, 2.45) is 0 Å². The van der Waals surface area contributed by atoms with Crippen molar-refractivity contribution in [3.05, 3.63) is 64.4 Å². The van der Waals surface area contributed by atoms with E-state index in [1.165, 1.54) is 12.1 Å². The van der Waals surface area contributed by atoms with Crippen LogP contribution in [-0.2, 0) is 6.61 Å². The Hall–Kier alpha value is -2.05. The van der Waals surface area contributed by atoms with Gasteiger partial charge in [0.25, 0.3) is 0 Å². The van der Waals surface area contributed by atoms with Crippen molar-refractivity contribution in [3.63, 3.8) is 0 Å². The molecule has 0 aliphatic rings. The quantitative estimate of drug-likeness (QED) is 0.839. The Morgan fingerprint density at radius 3 is 2.50 bits per heavy atom. The fourth-order valence-electron chi connectivity index (χ4n) is 1.42. The second-order valence-corrected chi connectivity index (χ2v) is 4.08. The zero-order valence-corrected chi connectivity index (χ0v) is 10.1. The minimum Gasteiger partial charge on any atom is -0.489 e. The molecule has 0 aliphatic heterocycles. The second kappa shape index (κ2) is 5.52. The molecule has 0 saturated heterocycles. The summed E-state index contributed by atoms with van der Waals surface area (Å²) in [7, 11) is 0. The second-order valence-electron chi connectivity index (χ2n) is 3.67. The van der Waals surface area contributed by atoms with E-state index in [1.54, 1.807) is 30.3 Å². The lowest BCUT2D eigenvalue weighted by molar-refractivity contribution is 0.306. The number of benzene rings is 2. The van der Waals surface area contributed by atoms with Crippen LogP contribution in [0.15, 0.2) is 42.5 Å². The average Bonchev–Trinajstić information content (AvgIpc) is 2.38. The zero-order chi connectivity index (χ0) is 13.0. The number of ether oxygens (including phenoxy) is 1. The number of nitriles is 1. The van der Waals surface area contributed by atoms with E-state index in [9.17, 15) is 4.39 Å². The zero-order valence-electron chi connectivity index (χ0n) is 9.36. The smallest absolute Gasteiger partial charge is 0.123 e. The molecule has 0 unspecified atom stereocenters. The van der Waals surface area contributed by atoms with Crippen LogP contribution in [0.3, 0.4) is 0 Å². The van der Waals surface area contributed by atoms with Crippen molar-refractivity contribution in [2.45, 2.75) is 6.61 Å². The van der Waals surface area contributed by atoms with Gasteiger partial charge >= 0.3 is 0 Å². The van der Waals surface area contributed by atoms with Crippen LogP contribution in [0.25, 0.3) is 0 Å². The lowest BCUT2D eigenvalue weighted by atomic mass is 10.2. The van der Waals surface area contributed by atoms with Gasteiger partial charge in [-0.1, -0.05) is 23.7 Å². The van der Waals surface area contributed by atoms with Crippen molar-refractivity contribution in [1.29, 1.82) is 5.26 Å². The van der Waals surface area contributed by atoms with Crippen molar-refractivity contribution in [2.75, 3.05) is 0 Å². The third-order valence-electron chi connectivity index (χ3n) is 2.38. The van der Waals surface area contributed by atoms with Crippen LogP contribution in [0.2, 0.25) is 5.02 Å². The van der Waals surface area contributed by atoms with Gasteiger partial charge in [-0.25, -0.2) is 4.39 Å². The van der Waals surface area contributed by atoms with E-state index in [0.29, 0.717) is 22.9 Å². The monoisotopic (exact) mass is 261 g/mol. The summed E-state index contributed by atoms with van der Waals surface area (Å²) in [5.41, 5.74) is 1.27. The molecule has 0 radical (unpaired) electrons. The summed E-state index contributed by atoms with van der Waals surface area (Å²) in [5.74, 6) is 0.295. The third-order valence-corrected chi connectivity index (χ3v) is 2.69. The summed E-state index contributed by atoms with van der Waals surface area (Å²) in [6.45, 7) is 0.322. The molecule has 2 aromatic rings. The Kier molecular flexibility index (Phi) is 3.81. The van der Waals surface area contributed by atoms with Crippen molar-refractivity contribution in [3.8, 4) is 11.8 Å². The number of halogens is 2. The fourth-order valence-corrected chi connectivity index (χ4v) is 1.64. The molecule has 0 saturated carbocycles. The van der Waals surface area contributed by atoms with E-state index in [0.717, 1.165) is 5.56 Å². The van der Waals surface area contributed by atoms with E-state index in [1.807, 2.05) is 6.07 Å². The van der Waals surface area contributed by atoms with Gasteiger partial charge in [0.05, 0.1) is 10.6 Å². The van der Waals surface area contributed by atoms with Crippen LogP contribution < -0.4 is 4.74 Å². The largest absolute Gasteiger partial charge is 0.489 e. The Labute approximate surface area is 109 Å². The predicted octanol–water partition coefficient (Wildman–Crippen LogP) is 3.93. The van der Waals surface area contributed by atoms with E-state index in [2.05, 4.69) is 0 Å². The normalized spacial score (nSPS) is 9.83. The van der Waals surface area contributed by atoms with Crippen molar-refractivity contribution < 1.29 is 9.13 Å². The summed E-state index contributed by atoms with van der Waals surface area (Å²) < 4.78 is 18.2. The van der Waals surface area contributed by atoms with Crippen LogP contribution in [0.1, 0.15) is 11.1 Å². The number of rotatable bonds is 3. The van der Waals surface area contributed by atoms with Gasteiger partial charge in [-0.2, -0.15) is 5.26 Å². The molecular formula is C14H9ClFNO. The molecule has 0 spiro atoms. The highest BCUT2D eigenvalue weighted by Crippen LogP contribution is 2.22. The first-order valence-electron chi connectivity index (χ1n) is 5.26. The molecule has 0 aliphatic carbocycles. The van der Waals surface area contributed by atoms with Gasteiger partial charge in [0.2, 0.25) is 0 Å².